The molecule has 1 saturated heterocycles. The van der Waals surface area contributed by atoms with Gasteiger partial charge in [-0.2, -0.15) is 0 Å². The van der Waals surface area contributed by atoms with Crippen molar-refractivity contribution in [2.45, 2.75) is 94.7 Å². The van der Waals surface area contributed by atoms with Crippen molar-refractivity contribution in [3.05, 3.63) is 71.2 Å². The summed E-state index contributed by atoms with van der Waals surface area (Å²) in [5.41, 5.74) is 1.25. The summed E-state index contributed by atoms with van der Waals surface area (Å²) in [5, 5.41) is 7.45. The molecular formula is C40H43F2N7O6S2. The number of aryl methyl sites for hydroxylation is 1. The number of benzene rings is 2. The Hall–Kier alpha value is -5.03. The van der Waals surface area contributed by atoms with E-state index in [4.69, 9.17) is 19.7 Å². The Balaban J connectivity index is 1.18. The van der Waals surface area contributed by atoms with Crippen LogP contribution in [0.2, 0.25) is 0 Å². The minimum absolute atomic E-state index is 0.0933. The summed E-state index contributed by atoms with van der Waals surface area (Å²) in [5.74, 6) is -4.02. The fourth-order valence-electron chi connectivity index (χ4n) is 7.49. The Morgan fingerprint density at radius 2 is 1.82 bits per heavy atom. The van der Waals surface area contributed by atoms with Gasteiger partial charge in [0.15, 0.2) is 5.13 Å². The van der Waals surface area contributed by atoms with Crippen LogP contribution in [0.15, 0.2) is 60.0 Å². The van der Waals surface area contributed by atoms with E-state index in [-0.39, 0.29) is 18.8 Å². The molecule has 2 aromatic heterocycles. The van der Waals surface area contributed by atoms with Crippen LogP contribution in [0.4, 0.5) is 13.9 Å². The fourth-order valence-corrected chi connectivity index (χ4v) is 9.63. The molecule has 2 aromatic carbocycles. The number of aromatic nitrogens is 3. The molecule has 1 unspecified atom stereocenters. The smallest absolute Gasteiger partial charge is 0.259 e. The van der Waals surface area contributed by atoms with Crippen LogP contribution in [0.25, 0.3) is 28.4 Å². The lowest BCUT2D eigenvalue weighted by molar-refractivity contribution is -0.141. The molecule has 4 aliphatic rings. The number of ether oxygens (including phenoxy) is 1. The number of thiazole rings is 1. The van der Waals surface area contributed by atoms with Gasteiger partial charge in [0.2, 0.25) is 34.1 Å². The van der Waals surface area contributed by atoms with Gasteiger partial charge in [-0.25, -0.2) is 32.2 Å². The number of hydrogen-bond donors (Lipinski definition) is 3. The van der Waals surface area contributed by atoms with E-state index in [1.165, 1.54) is 16.2 Å². The standard InChI is InChI=1S/C40H43F2N7O6S2/c1-39(2,3)32-36(51)49-20-25(18-30(49)34(50)47-40(19-27(40)33(41)42)37(52)48-57(53,54)26-15-16-26)55-35-31(44-28-13-6-7-14-29(28)45-35)23-11-8-10-22(17-23)9-4-5-12-24-21-56-38(43-24)46-32/h4,6-11,13-14,17,21,25-27,30,32-33H,5,12,15-16,18-20H2,1-3H3,(H,43,46)(H,47,50)(H,48,52)/b9-4+/t25?,27-,30-,32+,40+/m0/s1. The van der Waals surface area contributed by atoms with Gasteiger partial charge in [-0.05, 0) is 61.3 Å². The van der Waals surface area contributed by atoms with Crippen LogP contribution in [0, 0.1) is 11.3 Å². The fraction of sp³-hybridized carbons (Fsp3) is 0.450. The maximum absolute atomic E-state index is 14.8. The number of anilines is 1. The predicted octanol–water partition coefficient (Wildman–Crippen LogP) is 5.34. The van der Waals surface area contributed by atoms with Gasteiger partial charge < -0.3 is 20.3 Å². The van der Waals surface area contributed by atoms with Crippen molar-refractivity contribution in [1.82, 2.24) is 29.9 Å². The van der Waals surface area contributed by atoms with Crippen LogP contribution in [-0.2, 0) is 30.8 Å². The number of carbonyl (C=O) groups is 3. The first-order chi connectivity index (χ1) is 27.1. The van der Waals surface area contributed by atoms with E-state index in [0.717, 1.165) is 16.8 Å². The van der Waals surface area contributed by atoms with E-state index in [9.17, 15) is 31.6 Å². The van der Waals surface area contributed by atoms with Crippen molar-refractivity contribution in [3.8, 4) is 17.1 Å². The first-order valence-corrected chi connectivity index (χ1v) is 21.4. The van der Waals surface area contributed by atoms with E-state index < -0.39 is 80.9 Å². The van der Waals surface area contributed by atoms with Crippen LogP contribution in [-0.4, -0.2) is 87.9 Å². The molecule has 57 heavy (non-hydrogen) atoms. The van der Waals surface area contributed by atoms with E-state index in [2.05, 4.69) is 16.7 Å². The Morgan fingerprint density at radius 1 is 1.07 bits per heavy atom. The molecule has 4 aromatic rings. The number of nitrogens with zero attached hydrogens (tertiary/aromatic N) is 4. The van der Waals surface area contributed by atoms with E-state index in [1.54, 1.807) is 6.07 Å². The van der Waals surface area contributed by atoms with Crippen molar-refractivity contribution in [2.75, 3.05) is 11.9 Å². The summed E-state index contributed by atoms with van der Waals surface area (Å²) in [7, 11) is -4.11. The highest BCUT2D eigenvalue weighted by Gasteiger charge is 2.67. The molecule has 4 heterocycles. The Labute approximate surface area is 332 Å². The van der Waals surface area contributed by atoms with Gasteiger partial charge >= 0.3 is 0 Å². The summed E-state index contributed by atoms with van der Waals surface area (Å²) in [6, 6.07) is 12.9. The molecule has 8 rings (SSSR count). The summed E-state index contributed by atoms with van der Waals surface area (Å²) in [6.45, 7) is 5.52. The van der Waals surface area contributed by atoms with Crippen LogP contribution < -0.4 is 20.1 Å². The van der Waals surface area contributed by atoms with Gasteiger partial charge in [0.25, 0.3) is 5.91 Å². The molecule has 2 aliphatic carbocycles. The summed E-state index contributed by atoms with van der Waals surface area (Å²) in [4.78, 5) is 58.6. The molecule has 2 saturated carbocycles. The molecule has 3 amide bonds. The van der Waals surface area contributed by atoms with Crippen molar-refractivity contribution in [1.29, 1.82) is 0 Å². The number of hydrogen-bond acceptors (Lipinski definition) is 11. The summed E-state index contributed by atoms with van der Waals surface area (Å²) < 4.78 is 62.5. The lowest BCUT2D eigenvalue weighted by atomic mass is 9.85. The van der Waals surface area contributed by atoms with Crippen LogP contribution in [0.5, 0.6) is 5.88 Å². The Kier molecular flexibility index (Phi) is 10.0. The maximum Gasteiger partial charge on any atom is 0.259 e. The topological polar surface area (TPSA) is 173 Å². The second-order valence-corrected chi connectivity index (χ2v) is 19.1. The maximum atomic E-state index is 14.8. The molecule has 5 atom stereocenters. The largest absolute Gasteiger partial charge is 0.471 e. The van der Waals surface area contributed by atoms with Gasteiger partial charge in [-0.3, -0.25) is 19.1 Å². The molecular weight excluding hydrogens is 777 g/mol. The van der Waals surface area contributed by atoms with Crippen LogP contribution >= 0.6 is 11.3 Å². The number of alkyl halides is 2. The number of allylic oxidation sites excluding steroid dienone is 1. The predicted molar refractivity (Wildman–Crippen MR) is 211 cm³/mol. The summed E-state index contributed by atoms with van der Waals surface area (Å²) >= 11 is 1.36. The second kappa shape index (κ2) is 14.7. The average Bonchev–Trinajstić information content (AvgIpc) is 4.06. The lowest BCUT2D eigenvalue weighted by Gasteiger charge is -2.35. The zero-order chi connectivity index (χ0) is 40.3. The number of nitrogens with one attached hydrogen (secondary N) is 3. The number of fused-ring (bicyclic) bond motifs is 9. The number of carbonyl (C=O) groups excluding carboxylic acids is 3. The molecule has 17 heteroatoms. The molecule has 3 N–H and O–H groups in total. The van der Waals surface area contributed by atoms with E-state index in [1.807, 2.05) is 79.4 Å². The average molecular weight is 820 g/mol. The highest BCUT2D eigenvalue weighted by atomic mass is 32.2. The third-order valence-corrected chi connectivity index (χ3v) is 13.5. The molecule has 0 radical (unpaired) electrons. The minimum Gasteiger partial charge on any atom is -0.471 e. The van der Waals surface area contributed by atoms with Crippen molar-refractivity contribution in [2.24, 2.45) is 11.3 Å². The summed E-state index contributed by atoms with van der Waals surface area (Å²) in [6.07, 6.45) is 1.75. The Bertz CT molecular complexity index is 2380. The monoisotopic (exact) mass is 819 g/mol. The van der Waals surface area contributed by atoms with Gasteiger partial charge in [-0.1, -0.05) is 63.3 Å². The van der Waals surface area contributed by atoms with E-state index in [0.29, 0.717) is 47.5 Å². The molecule has 0 spiro atoms. The number of sulfonamides is 1. The third-order valence-electron chi connectivity index (χ3n) is 10.9. The van der Waals surface area contributed by atoms with Crippen molar-refractivity contribution in [3.63, 3.8) is 0 Å². The highest BCUT2D eigenvalue weighted by molar-refractivity contribution is 7.91. The van der Waals surface area contributed by atoms with Crippen molar-refractivity contribution >= 4 is 61.3 Å². The SMILES string of the molecule is CC(C)(C)[C@@H]1Nc2nc(cs2)CC/C=C/c2cccc(c2)-c2nc3ccccc3nc2OC2C[C@@H](C(=O)N[C@]3(C(=O)NS(=O)(=O)C4CC4)C[C@H]3C(F)F)N(C2)C1=O. The van der Waals surface area contributed by atoms with Gasteiger partial charge in [0, 0.05) is 17.4 Å². The Morgan fingerprint density at radius 3 is 2.53 bits per heavy atom. The van der Waals surface area contributed by atoms with Gasteiger partial charge in [0.1, 0.15) is 29.4 Å². The number of amides is 3. The molecule has 300 valence electrons. The number of rotatable bonds is 6. The number of halogens is 2. The highest BCUT2D eigenvalue weighted by Crippen LogP contribution is 2.48. The third kappa shape index (κ3) is 7.95. The molecule has 13 nitrogen and oxygen atoms in total. The quantitative estimate of drug-likeness (QED) is 0.231. The number of para-hydroxylation sites is 2. The lowest BCUT2D eigenvalue weighted by Crippen LogP contribution is -2.59. The van der Waals surface area contributed by atoms with Gasteiger partial charge in [0.05, 0.1) is 34.4 Å². The van der Waals surface area contributed by atoms with Gasteiger partial charge in [-0.15, -0.1) is 11.3 Å². The molecule has 2 aliphatic heterocycles. The van der Waals surface area contributed by atoms with E-state index >= 15 is 0 Å². The van der Waals surface area contributed by atoms with Crippen LogP contribution in [0.3, 0.4) is 0 Å². The first-order valence-electron chi connectivity index (χ1n) is 19.0. The second-order valence-electron chi connectivity index (χ2n) is 16.3. The molecule has 6 bridgehead atoms. The van der Waals surface area contributed by atoms with Crippen molar-refractivity contribution < 1.29 is 36.3 Å². The molecule has 3 fully saturated rings. The first kappa shape index (κ1) is 38.8. The normalized spacial score (nSPS) is 25.6. The van der Waals surface area contributed by atoms with Crippen LogP contribution in [0.1, 0.15) is 64.1 Å². The zero-order valence-corrected chi connectivity index (χ0v) is 33.2. The zero-order valence-electron chi connectivity index (χ0n) is 31.6. The minimum atomic E-state index is -4.11.